The highest BCUT2D eigenvalue weighted by Gasteiger charge is 2.37. The van der Waals surface area contributed by atoms with E-state index in [-0.39, 0.29) is 0 Å². The predicted octanol–water partition coefficient (Wildman–Crippen LogP) is 2.90. The van der Waals surface area contributed by atoms with Gasteiger partial charge in [0.2, 0.25) is 0 Å². The molecule has 0 radical (unpaired) electrons. The molecule has 10 nitrogen and oxygen atoms in total. The number of piperazine rings is 1. The second-order valence-electron chi connectivity index (χ2n) is 11.9. The standard InChI is InChI=1S/C29H38N8O2/c1-2-20-15-31-34-24(20)13-19(1)25-17-36-8-7-30-29(36)28(33-25)32-21-3-4-26-27(14-21)39-18-23-16-35(9-10-37(23)26)22-5-11-38-12-6-22/h3-4,7-8,14,17,19-20,22-24,31,34H,1-2,5-6,9-13,15-16,18H2,(H,32,33)/t19?,20?,23-,24?/m1/s1. The summed E-state index contributed by atoms with van der Waals surface area (Å²) < 4.78 is 14.0. The molecular formula is C29H38N8O2. The third kappa shape index (κ3) is 4.43. The Hall–Kier alpha value is -2.92. The highest BCUT2D eigenvalue weighted by molar-refractivity contribution is 5.74. The molecule has 5 aliphatic rings. The Morgan fingerprint density at radius 3 is 2.95 bits per heavy atom. The van der Waals surface area contributed by atoms with Crippen molar-refractivity contribution in [2.75, 3.05) is 56.2 Å². The summed E-state index contributed by atoms with van der Waals surface area (Å²) in [6, 6.07) is 8.07. The van der Waals surface area contributed by atoms with E-state index in [1.807, 2.05) is 12.4 Å². The number of hydrogen-bond acceptors (Lipinski definition) is 9. The minimum absolute atomic E-state index is 0.399. The molecule has 3 unspecified atom stereocenters. The van der Waals surface area contributed by atoms with Crippen LogP contribution >= 0.6 is 0 Å². The summed E-state index contributed by atoms with van der Waals surface area (Å²) >= 11 is 0. The summed E-state index contributed by atoms with van der Waals surface area (Å²) in [5.41, 5.74) is 11.0. The van der Waals surface area contributed by atoms with Crippen molar-refractivity contribution in [1.82, 2.24) is 30.1 Å². The lowest BCUT2D eigenvalue weighted by Crippen LogP contribution is -2.59. The van der Waals surface area contributed by atoms with Crippen molar-refractivity contribution in [3.8, 4) is 5.75 Å². The fourth-order valence-electron chi connectivity index (χ4n) is 7.46. The fourth-order valence-corrected chi connectivity index (χ4v) is 7.46. The highest BCUT2D eigenvalue weighted by atomic mass is 16.5. The van der Waals surface area contributed by atoms with Crippen LogP contribution in [0.2, 0.25) is 0 Å². The quantitative estimate of drug-likeness (QED) is 0.471. The van der Waals surface area contributed by atoms with Crippen LogP contribution in [0.3, 0.4) is 0 Å². The van der Waals surface area contributed by atoms with Crippen LogP contribution < -0.4 is 25.8 Å². The number of nitrogens with one attached hydrogen (secondary N) is 3. The maximum atomic E-state index is 6.35. The van der Waals surface area contributed by atoms with Gasteiger partial charge in [-0.15, -0.1) is 0 Å². The number of anilines is 3. The van der Waals surface area contributed by atoms with Crippen LogP contribution in [-0.4, -0.2) is 83.4 Å². The molecule has 10 heteroatoms. The summed E-state index contributed by atoms with van der Waals surface area (Å²) in [4.78, 5) is 14.9. The third-order valence-corrected chi connectivity index (χ3v) is 9.64. The second-order valence-corrected chi connectivity index (χ2v) is 11.9. The van der Waals surface area contributed by atoms with Gasteiger partial charge in [-0.05, 0) is 50.2 Å². The van der Waals surface area contributed by atoms with E-state index in [0.717, 1.165) is 99.8 Å². The molecule has 39 heavy (non-hydrogen) atoms. The number of hydrogen-bond donors (Lipinski definition) is 3. The van der Waals surface area contributed by atoms with Gasteiger partial charge >= 0.3 is 0 Å². The van der Waals surface area contributed by atoms with Crippen LogP contribution in [0.15, 0.2) is 36.8 Å². The second kappa shape index (κ2) is 9.92. The summed E-state index contributed by atoms with van der Waals surface area (Å²) in [6.45, 7) is 6.79. The van der Waals surface area contributed by atoms with E-state index in [1.54, 1.807) is 0 Å². The first kappa shape index (κ1) is 23.9. The summed E-state index contributed by atoms with van der Waals surface area (Å²) in [5, 5.41) is 3.59. The maximum Gasteiger partial charge on any atom is 0.180 e. The number of benzene rings is 1. The van der Waals surface area contributed by atoms with E-state index in [4.69, 9.17) is 14.5 Å². The number of nitrogens with zero attached hydrogens (tertiary/aromatic N) is 5. The van der Waals surface area contributed by atoms with Crippen molar-refractivity contribution < 1.29 is 9.47 Å². The minimum atomic E-state index is 0.399. The summed E-state index contributed by atoms with van der Waals surface area (Å²) in [7, 11) is 0. The molecule has 2 aromatic heterocycles. The van der Waals surface area contributed by atoms with Crippen LogP contribution in [0.1, 0.15) is 43.7 Å². The molecule has 1 aliphatic carbocycles. The van der Waals surface area contributed by atoms with Crippen LogP contribution in [-0.2, 0) is 4.74 Å². The molecule has 3 N–H and O–H groups in total. The van der Waals surface area contributed by atoms with Crippen molar-refractivity contribution in [2.45, 2.75) is 56.1 Å². The Labute approximate surface area is 229 Å². The lowest BCUT2D eigenvalue weighted by Gasteiger charge is -2.48. The normalized spacial score (nSPS) is 29.5. The van der Waals surface area contributed by atoms with Gasteiger partial charge in [-0.1, -0.05) is 0 Å². The van der Waals surface area contributed by atoms with Crippen molar-refractivity contribution >= 4 is 22.8 Å². The van der Waals surface area contributed by atoms with Gasteiger partial charge in [0.05, 0.1) is 17.4 Å². The van der Waals surface area contributed by atoms with Gasteiger partial charge in [-0.25, -0.2) is 9.97 Å². The Bertz CT molecular complexity index is 1340. The van der Waals surface area contributed by atoms with Crippen LogP contribution in [0, 0.1) is 5.92 Å². The third-order valence-electron chi connectivity index (χ3n) is 9.64. The van der Waals surface area contributed by atoms with E-state index in [9.17, 15) is 0 Å². The monoisotopic (exact) mass is 530 g/mol. The number of imidazole rings is 1. The summed E-state index contributed by atoms with van der Waals surface area (Å²) in [5.74, 6) is 2.92. The first-order valence-electron chi connectivity index (χ1n) is 14.7. The van der Waals surface area contributed by atoms with Gasteiger partial charge < -0.3 is 24.1 Å². The largest absolute Gasteiger partial charge is 0.489 e. The molecule has 0 amide bonds. The zero-order valence-corrected chi connectivity index (χ0v) is 22.4. The first-order chi connectivity index (χ1) is 19.3. The molecule has 206 valence electrons. The zero-order chi connectivity index (χ0) is 25.8. The fraction of sp³-hybridized carbons (Fsp3) is 0.586. The van der Waals surface area contributed by atoms with E-state index in [0.29, 0.717) is 24.0 Å². The van der Waals surface area contributed by atoms with Crippen LogP contribution in [0.25, 0.3) is 5.65 Å². The molecule has 3 aromatic rings. The van der Waals surface area contributed by atoms with Crippen LogP contribution in [0.5, 0.6) is 5.75 Å². The first-order valence-corrected chi connectivity index (χ1v) is 14.7. The number of hydrazine groups is 1. The van der Waals surface area contributed by atoms with E-state index < -0.39 is 0 Å². The molecular weight excluding hydrogens is 492 g/mol. The molecule has 4 fully saturated rings. The van der Waals surface area contributed by atoms with Crippen molar-refractivity contribution in [3.05, 3.63) is 42.5 Å². The Kier molecular flexibility index (Phi) is 6.09. The molecule has 1 saturated carbocycles. The number of rotatable bonds is 4. The maximum absolute atomic E-state index is 6.35. The topological polar surface area (TPSA) is 91.2 Å². The van der Waals surface area contributed by atoms with E-state index in [2.05, 4.69) is 59.7 Å². The SMILES string of the molecule is c1cn2cc(C3CCC4CNNC4C3)nc(Nc3ccc4c(c3)OC[C@H]3CN(C5CCOCC5)CCN43)c2n1. The molecule has 4 atom stereocenters. The average Bonchev–Trinajstić information content (AvgIpc) is 3.66. The Morgan fingerprint density at radius 1 is 1.05 bits per heavy atom. The van der Waals surface area contributed by atoms with Gasteiger partial charge in [0.15, 0.2) is 11.5 Å². The number of fused-ring (bicyclic) bond motifs is 5. The van der Waals surface area contributed by atoms with Gasteiger partial charge in [0.25, 0.3) is 0 Å². The molecule has 6 heterocycles. The lowest BCUT2D eigenvalue weighted by molar-refractivity contribution is 0.0231. The van der Waals surface area contributed by atoms with Crippen molar-refractivity contribution in [3.63, 3.8) is 0 Å². The van der Waals surface area contributed by atoms with Gasteiger partial charge in [0, 0.05) is 87.7 Å². The van der Waals surface area contributed by atoms with Crippen molar-refractivity contribution in [2.24, 2.45) is 5.92 Å². The van der Waals surface area contributed by atoms with Gasteiger partial charge in [0.1, 0.15) is 12.4 Å². The highest BCUT2D eigenvalue weighted by Crippen LogP contribution is 2.40. The molecule has 1 aromatic carbocycles. The molecule has 4 aliphatic heterocycles. The number of aromatic nitrogens is 3. The van der Waals surface area contributed by atoms with Crippen LogP contribution in [0.4, 0.5) is 17.2 Å². The molecule has 8 rings (SSSR count). The Balaban J connectivity index is 1.01. The minimum Gasteiger partial charge on any atom is -0.489 e. The van der Waals surface area contributed by atoms with E-state index >= 15 is 0 Å². The van der Waals surface area contributed by atoms with Gasteiger partial charge in [-0.2, -0.15) is 0 Å². The molecule has 3 saturated heterocycles. The van der Waals surface area contributed by atoms with Gasteiger partial charge in [-0.3, -0.25) is 15.8 Å². The number of ether oxygens (including phenoxy) is 2. The Morgan fingerprint density at radius 2 is 2.00 bits per heavy atom. The smallest absolute Gasteiger partial charge is 0.180 e. The zero-order valence-electron chi connectivity index (χ0n) is 22.4. The van der Waals surface area contributed by atoms with Crippen molar-refractivity contribution in [1.29, 1.82) is 0 Å². The average molecular weight is 531 g/mol. The molecule has 0 spiro atoms. The van der Waals surface area contributed by atoms with E-state index in [1.165, 1.54) is 18.5 Å². The predicted molar refractivity (Wildman–Crippen MR) is 150 cm³/mol. The summed E-state index contributed by atoms with van der Waals surface area (Å²) in [6.07, 6.45) is 11.8. The molecule has 0 bridgehead atoms. The lowest BCUT2D eigenvalue weighted by atomic mass is 9.78.